The number of carbonyl (C=O) groups is 1. The van der Waals surface area contributed by atoms with E-state index < -0.39 is 17.6 Å². The summed E-state index contributed by atoms with van der Waals surface area (Å²) < 4.78 is 43.3. The van der Waals surface area contributed by atoms with E-state index in [1.165, 1.54) is 7.11 Å². The van der Waals surface area contributed by atoms with Crippen molar-refractivity contribution in [2.24, 2.45) is 0 Å². The Hall–Kier alpha value is -2.41. The molecule has 2 N–H and O–H groups in total. The number of carbonyl (C=O) groups excluding carboxylic acids is 1. The lowest BCUT2D eigenvalue weighted by Crippen LogP contribution is -2.17. The predicted octanol–water partition coefficient (Wildman–Crippen LogP) is 4.81. The summed E-state index contributed by atoms with van der Waals surface area (Å²) in [5.41, 5.74) is -0.229. The molecule has 0 aromatic heterocycles. The Labute approximate surface area is 147 Å². The normalized spacial score (nSPS) is 11.1. The van der Waals surface area contributed by atoms with E-state index in [0.29, 0.717) is 5.75 Å². The molecule has 0 radical (unpaired) electrons. The maximum atomic E-state index is 12.7. The average molecular weight is 373 g/mol. The van der Waals surface area contributed by atoms with Crippen LogP contribution in [0.5, 0.6) is 5.75 Å². The maximum Gasteiger partial charge on any atom is 0.416 e. The molecule has 0 spiro atoms. The Bertz CT molecular complexity index is 751. The molecule has 25 heavy (non-hydrogen) atoms. The van der Waals surface area contributed by atoms with E-state index in [1.54, 1.807) is 12.1 Å². The first kappa shape index (κ1) is 18.9. The van der Waals surface area contributed by atoms with Crippen LogP contribution < -0.4 is 15.4 Å². The number of alkyl halides is 3. The molecular weight excluding hydrogens is 357 g/mol. The highest BCUT2D eigenvalue weighted by molar-refractivity contribution is 6.33. The fourth-order valence-electron chi connectivity index (χ4n) is 2.11. The lowest BCUT2D eigenvalue weighted by atomic mass is 10.2. The molecule has 0 atom stereocenters. The Balaban J connectivity index is 1.94. The molecule has 0 aliphatic heterocycles. The average Bonchev–Trinajstić information content (AvgIpc) is 2.56. The summed E-state index contributed by atoms with van der Waals surface area (Å²) in [6.45, 7) is 0.281. The molecule has 0 bridgehead atoms. The molecule has 4 nitrogen and oxygen atoms in total. The molecule has 0 saturated carbocycles. The Morgan fingerprint density at radius 2 is 1.88 bits per heavy atom. The van der Waals surface area contributed by atoms with E-state index in [-0.39, 0.29) is 23.7 Å². The van der Waals surface area contributed by atoms with Gasteiger partial charge in [-0.05, 0) is 30.3 Å². The van der Waals surface area contributed by atoms with Gasteiger partial charge in [0.15, 0.2) is 0 Å². The van der Waals surface area contributed by atoms with Gasteiger partial charge >= 0.3 is 6.18 Å². The third kappa shape index (κ3) is 5.29. The molecule has 2 rings (SSSR count). The standard InChI is InChI=1S/C17H16ClF3N2O2/c1-25-15-5-3-2-4-13(15)22-9-8-16(24)23-14-10-11(17(19,20)21)6-7-12(14)18/h2-7,10,22H,8-9H2,1H3,(H,23,24). The summed E-state index contributed by atoms with van der Waals surface area (Å²) in [6, 6.07) is 9.97. The number of amides is 1. The van der Waals surface area contributed by atoms with Gasteiger partial charge in [-0.25, -0.2) is 0 Å². The molecule has 8 heteroatoms. The van der Waals surface area contributed by atoms with Crippen LogP contribution in [0.2, 0.25) is 5.02 Å². The van der Waals surface area contributed by atoms with Crippen molar-refractivity contribution in [3.8, 4) is 5.75 Å². The zero-order chi connectivity index (χ0) is 18.4. The van der Waals surface area contributed by atoms with Crippen LogP contribution in [0, 0.1) is 0 Å². The monoisotopic (exact) mass is 372 g/mol. The van der Waals surface area contributed by atoms with Crippen LogP contribution >= 0.6 is 11.6 Å². The predicted molar refractivity (Wildman–Crippen MR) is 91.2 cm³/mol. The molecular formula is C17H16ClF3N2O2. The Morgan fingerprint density at radius 1 is 1.16 bits per heavy atom. The third-order valence-electron chi connectivity index (χ3n) is 3.34. The topological polar surface area (TPSA) is 50.4 Å². The minimum atomic E-state index is -4.50. The number of anilines is 2. The number of hydrogen-bond acceptors (Lipinski definition) is 3. The van der Waals surface area contributed by atoms with Gasteiger partial charge in [0.2, 0.25) is 5.91 Å². The molecule has 0 aliphatic rings. The van der Waals surface area contributed by atoms with Gasteiger partial charge in [-0.1, -0.05) is 23.7 Å². The summed E-state index contributed by atoms with van der Waals surface area (Å²) in [4.78, 5) is 11.9. The first-order valence-electron chi connectivity index (χ1n) is 7.34. The quantitative estimate of drug-likeness (QED) is 0.765. The second-order valence-electron chi connectivity index (χ2n) is 5.12. The highest BCUT2D eigenvalue weighted by atomic mass is 35.5. The highest BCUT2D eigenvalue weighted by Crippen LogP contribution is 2.33. The zero-order valence-corrected chi connectivity index (χ0v) is 14.0. The lowest BCUT2D eigenvalue weighted by molar-refractivity contribution is -0.137. The Morgan fingerprint density at radius 3 is 2.56 bits per heavy atom. The van der Waals surface area contributed by atoms with Crippen LogP contribution in [0.4, 0.5) is 24.5 Å². The van der Waals surface area contributed by atoms with Crippen molar-refractivity contribution in [3.05, 3.63) is 53.1 Å². The van der Waals surface area contributed by atoms with Crippen molar-refractivity contribution >= 4 is 28.9 Å². The van der Waals surface area contributed by atoms with Crippen LogP contribution in [0.25, 0.3) is 0 Å². The van der Waals surface area contributed by atoms with Gasteiger partial charge < -0.3 is 15.4 Å². The molecule has 0 fully saturated rings. The first-order chi connectivity index (χ1) is 11.8. The van der Waals surface area contributed by atoms with E-state index in [9.17, 15) is 18.0 Å². The number of methoxy groups -OCH3 is 1. The number of halogens is 4. The lowest BCUT2D eigenvalue weighted by Gasteiger charge is -2.13. The van der Waals surface area contributed by atoms with Crippen molar-refractivity contribution < 1.29 is 22.7 Å². The Kier molecular flexibility index (Phi) is 6.14. The number of nitrogens with one attached hydrogen (secondary N) is 2. The van der Waals surface area contributed by atoms with Gasteiger partial charge in [-0.15, -0.1) is 0 Å². The summed E-state index contributed by atoms with van der Waals surface area (Å²) in [7, 11) is 1.53. The number of ether oxygens (including phenoxy) is 1. The number of benzene rings is 2. The van der Waals surface area contributed by atoms with Gasteiger partial charge in [-0.2, -0.15) is 13.2 Å². The van der Waals surface area contributed by atoms with Gasteiger partial charge in [0, 0.05) is 13.0 Å². The molecule has 0 saturated heterocycles. The van der Waals surface area contributed by atoms with Crippen molar-refractivity contribution in [1.29, 1.82) is 0 Å². The first-order valence-corrected chi connectivity index (χ1v) is 7.72. The summed E-state index contributed by atoms with van der Waals surface area (Å²) in [5, 5.41) is 5.47. The van der Waals surface area contributed by atoms with Gasteiger partial charge in [-0.3, -0.25) is 4.79 Å². The number of hydrogen-bond donors (Lipinski definition) is 2. The van der Waals surface area contributed by atoms with E-state index >= 15 is 0 Å². The van der Waals surface area contributed by atoms with E-state index in [4.69, 9.17) is 16.3 Å². The fourth-order valence-corrected chi connectivity index (χ4v) is 2.28. The zero-order valence-electron chi connectivity index (χ0n) is 13.3. The summed E-state index contributed by atoms with van der Waals surface area (Å²) in [6.07, 6.45) is -4.46. The minimum absolute atomic E-state index is 0.0408. The molecule has 0 unspecified atom stereocenters. The molecule has 2 aromatic rings. The number of para-hydroxylation sites is 2. The van der Waals surface area contributed by atoms with Crippen LogP contribution in [0.3, 0.4) is 0 Å². The van der Waals surface area contributed by atoms with Crippen molar-refractivity contribution in [2.75, 3.05) is 24.3 Å². The van der Waals surface area contributed by atoms with Crippen molar-refractivity contribution in [2.45, 2.75) is 12.6 Å². The van der Waals surface area contributed by atoms with Crippen molar-refractivity contribution in [1.82, 2.24) is 0 Å². The fraction of sp³-hybridized carbons (Fsp3) is 0.235. The van der Waals surface area contributed by atoms with E-state index in [1.807, 2.05) is 12.1 Å². The van der Waals surface area contributed by atoms with E-state index in [0.717, 1.165) is 23.9 Å². The molecule has 134 valence electrons. The molecule has 0 heterocycles. The summed E-state index contributed by atoms with van der Waals surface area (Å²) >= 11 is 5.85. The van der Waals surface area contributed by atoms with Gasteiger partial charge in [0.25, 0.3) is 0 Å². The third-order valence-corrected chi connectivity index (χ3v) is 3.67. The number of rotatable bonds is 6. The van der Waals surface area contributed by atoms with Gasteiger partial charge in [0.1, 0.15) is 5.75 Å². The minimum Gasteiger partial charge on any atom is -0.495 e. The largest absolute Gasteiger partial charge is 0.495 e. The van der Waals surface area contributed by atoms with Crippen LogP contribution in [-0.4, -0.2) is 19.6 Å². The highest BCUT2D eigenvalue weighted by Gasteiger charge is 2.31. The second-order valence-corrected chi connectivity index (χ2v) is 5.52. The molecule has 0 aliphatic carbocycles. The van der Waals surface area contributed by atoms with E-state index in [2.05, 4.69) is 10.6 Å². The second kappa shape index (κ2) is 8.11. The van der Waals surface area contributed by atoms with Crippen LogP contribution in [0.15, 0.2) is 42.5 Å². The van der Waals surface area contributed by atoms with Crippen LogP contribution in [-0.2, 0) is 11.0 Å². The SMILES string of the molecule is COc1ccccc1NCCC(=O)Nc1cc(C(F)(F)F)ccc1Cl. The summed E-state index contributed by atoms with van der Waals surface area (Å²) in [5.74, 6) is 0.174. The maximum absolute atomic E-state index is 12.7. The van der Waals surface area contributed by atoms with Gasteiger partial charge in [0.05, 0.1) is 29.1 Å². The van der Waals surface area contributed by atoms with Crippen LogP contribution in [0.1, 0.15) is 12.0 Å². The van der Waals surface area contributed by atoms with Crippen molar-refractivity contribution in [3.63, 3.8) is 0 Å². The smallest absolute Gasteiger partial charge is 0.416 e. The molecule has 2 aromatic carbocycles. The molecule has 1 amide bonds.